The second-order valence-electron chi connectivity index (χ2n) is 17.9. The Balaban J connectivity index is 0.000000152. The molecule has 0 unspecified atom stereocenters. The second-order valence-corrected chi connectivity index (χ2v) is 24.2. The minimum Gasteiger partial charge on any atom is -0.378 e. The normalized spacial score (nSPS) is 18.6. The number of hydrogen-bond acceptors (Lipinski definition) is 18. The molecule has 2 N–H and O–H groups in total. The smallest absolute Gasteiger partial charge is 0.211 e. The predicted molar refractivity (Wildman–Crippen MR) is 274 cm³/mol. The molecule has 2 aromatic carbocycles. The number of aromatic nitrogens is 8. The van der Waals surface area contributed by atoms with Crippen molar-refractivity contribution in [3.8, 4) is 22.8 Å². The Labute approximate surface area is 413 Å². The number of piperazine rings is 2. The molecule has 10 heterocycles. The van der Waals surface area contributed by atoms with Gasteiger partial charge >= 0.3 is 0 Å². The third-order valence-electron chi connectivity index (χ3n) is 13.3. The lowest BCUT2D eigenvalue weighted by atomic mass is 10.1. The number of fused-ring (bicyclic) bond motifs is 4. The van der Waals surface area contributed by atoms with Crippen LogP contribution in [-0.2, 0) is 42.6 Å². The molecule has 8 aromatic rings. The highest BCUT2D eigenvalue weighted by atomic mass is 32.2. The number of benzene rings is 2. The zero-order valence-corrected chi connectivity index (χ0v) is 42.2. The maximum absolute atomic E-state index is 11.8. The molecule has 4 fully saturated rings. The molecule has 0 bridgehead atoms. The van der Waals surface area contributed by atoms with Gasteiger partial charge in [0.15, 0.2) is 17.5 Å². The van der Waals surface area contributed by atoms with Gasteiger partial charge in [0.05, 0.1) is 78.0 Å². The van der Waals surface area contributed by atoms with E-state index in [0.717, 1.165) is 130 Å². The molecule has 20 nitrogen and oxygen atoms in total. The fraction of sp³-hybridized carbons (Fsp3) is 0.435. The lowest BCUT2D eigenvalue weighted by molar-refractivity contribution is 0.122. The maximum Gasteiger partial charge on any atom is 0.211 e. The number of aromatic amines is 2. The molecule has 70 heavy (non-hydrogen) atoms. The third-order valence-corrected chi connectivity index (χ3v) is 18.0. The van der Waals surface area contributed by atoms with Crippen LogP contribution in [0.4, 0.5) is 11.6 Å². The summed E-state index contributed by atoms with van der Waals surface area (Å²) in [5, 5.41) is 17.5. The summed E-state index contributed by atoms with van der Waals surface area (Å²) in [7, 11) is -6.27. The fourth-order valence-corrected chi connectivity index (χ4v) is 13.4. The number of nitrogens with one attached hydrogen (secondary N) is 2. The Hall–Kier alpha value is -5.28. The number of morpholine rings is 2. The van der Waals surface area contributed by atoms with Crippen molar-refractivity contribution in [2.45, 2.75) is 13.1 Å². The fourth-order valence-electron chi connectivity index (χ4n) is 9.53. The van der Waals surface area contributed by atoms with Crippen LogP contribution in [0.25, 0.3) is 65.0 Å². The highest BCUT2D eigenvalue weighted by Gasteiger charge is 2.28. The van der Waals surface area contributed by atoms with Crippen LogP contribution in [0.1, 0.15) is 9.75 Å². The number of ether oxygens (including phenoxy) is 2. The van der Waals surface area contributed by atoms with Crippen molar-refractivity contribution in [2.75, 3.05) is 127 Å². The van der Waals surface area contributed by atoms with Crippen LogP contribution < -0.4 is 9.80 Å². The average molecular weight is 1030 g/mol. The number of sulfonamides is 2. The number of anilines is 2. The van der Waals surface area contributed by atoms with E-state index < -0.39 is 20.0 Å². The molecular weight excluding hydrogens is 973 g/mol. The van der Waals surface area contributed by atoms with Crippen LogP contribution in [0.5, 0.6) is 0 Å². The Morgan fingerprint density at radius 3 is 1.57 bits per heavy atom. The van der Waals surface area contributed by atoms with Crippen LogP contribution in [0.2, 0.25) is 0 Å². The van der Waals surface area contributed by atoms with Crippen molar-refractivity contribution in [1.82, 2.24) is 58.7 Å². The van der Waals surface area contributed by atoms with Gasteiger partial charge in [-0.1, -0.05) is 24.3 Å². The van der Waals surface area contributed by atoms with Gasteiger partial charge in [-0.3, -0.25) is 20.0 Å². The van der Waals surface area contributed by atoms with E-state index in [-0.39, 0.29) is 0 Å². The molecule has 0 spiro atoms. The maximum atomic E-state index is 11.8. The largest absolute Gasteiger partial charge is 0.378 e. The molecule has 4 aliphatic rings. The lowest BCUT2D eigenvalue weighted by Gasteiger charge is -2.32. The first kappa shape index (κ1) is 47.1. The van der Waals surface area contributed by atoms with Gasteiger partial charge in [-0.2, -0.15) is 18.8 Å². The summed E-state index contributed by atoms with van der Waals surface area (Å²) in [5.41, 5.74) is 4.76. The quantitative estimate of drug-likeness (QED) is 0.195. The van der Waals surface area contributed by atoms with Crippen molar-refractivity contribution in [1.29, 1.82) is 0 Å². The van der Waals surface area contributed by atoms with Gasteiger partial charge in [0.1, 0.15) is 10.6 Å². The van der Waals surface area contributed by atoms with Gasteiger partial charge in [-0.25, -0.2) is 36.8 Å². The highest BCUT2D eigenvalue weighted by molar-refractivity contribution is 7.88. The first-order chi connectivity index (χ1) is 33.9. The van der Waals surface area contributed by atoms with Gasteiger partial charge in [0, 0.05) is 123 Å². The van der Waals surface area contributed by atoms with E-state index >= 15 is 0 Å². The first-order valence-corrected chi connectivity index (χ1v) is 28.7. The number of thiophene rings is 2. The molecule has 4 aliphatic heterocycles. The number of rotatable bonds is 10. The van der Waals surface area contributed by atoms with Crippen molar-refractivity contribution in [3.63, 3.8) is 0 Å². The monoisotopic (exact) mass is 1030 g/mol. The number of H-pyrrole nitrogens is 2. The lowest BCUT2D eigenvalue weighted by Crippen LogP contribution is -2.47. The molecule has 0 radical (unpaired) electrons. The van der Waals surface area contributed by atoms with Gasteiger partial charge in [-0.05, 0) is 24.3 Å². The van der Waals surface area contributed by atoms with Crippen LogP contribution >= 0.6 is 22.7 Å². The summed E-state index contributed by atoms with van der Waals surface area (Å²) in [4.78, 5) is 32.7. The SMILES string of the molecule is CS(=O)(=O)N1CCN(Cc2cc3c(N4CCOCC4)nc(-c4cccc5[nH]ncc45)nc3s2)CC1.CS(=O)(=O)N1CCN(Cc2cc3nc(-c4cccc5[nH]ncc45)nc(N4CCOCC4)c3s2)CC1. The van der Waals surface area contributed by atoms with Gasteiger partial charge < -0.3 is 19.3 Å². The zero-order valence-electron chi connectivity index (χ0n) is 39.0. The van der Waals surface area contributed by atoms with Crippen LogP contribution in [0, 0.1) is 0 Å². The Morgan fingerprint density at radius 1 is 0.557 bits per heavy atom. The van der Waals surface area contributed by atoms with E-state index in [1.54, 1.807) is 31.3 Å². The molecule has 0 aliphatic carbocycles. The van der Waals surface area contributed by atoms with Crippen LogP contribution in [0.3, 0.4) is 0 Å². The minimum atomic E-state index is -3.13. The molecule has 12 rings (SSSR count). The standard InChI is InChI=1S/2C23H27N7O3S2/c1-35(31,32)30-7-5-28(6-8-30)15-16-13-20-21(34-16)23(29-9-11-33-12-10-29)26-22(25-20)17-3-2-4-19-18(17)14-24-27-19;1-35(31,32)30-7-5-28(6-8-30)15-16-13-18-22(29-9-11-33-12-10-29)25-21(26-23(18)34-16)17-3-2-4-20-19(17)14-24-27-20/h2*2-4,13-14H,5-12,15H2,1H3,(H,24,27). The first-order valence-electron chi connectivity index (χ1n) is 23.4. The highest BCUT2D eigenvalue weighted by Crippen LogP contribution is 2.38. The minimum absolute atomic E-state index is 0.529. The summed E-state index contributed by atoms with van der Waals surface area (Å²) in [6, 6.07) is 16.4. The third kappa shape index (κ3) is 9.98. The Morgan fingerprint density at radius 2 is 1.04 bits per heavy atom. The number of hydrogen-bond donors (Lipinski definition) is 2. The van der Waals surface area contributed by atoms with Gasteiger partial charge in [0.25, 0.3) is 0 Å². The average Bonchev–Trinajstić information content (AvgIpc) is 4.20. The van der Waals surface area contributed by atoms with E-state index in [9.17, 15) is 16.8 Å². The van der Waals surface area contributed by atoms with Crippen molar-refractivity contribution in [2.24, 2.45) is 0 Å². The molecular formula is C46H54N14O6S4. The zero-order chi connectivity index (χ0) is 48.0. The van der Waals surface area contributed by atoms with Crippen molar-refractivity contribution in [3.05, 3.63) is 70.7 Å². The topological polar surface area (TPSA) is 215 Å². The molecule has 368 valence electrons. The van der Waals surface area contributed by atoms with E-state index in [4.69, 9.17) is 29.4 Å². The summed E-state index contributed by atoms with van der Waals surface area (Å²) in [6.45, 7) is 12.4. The van der Waals surface area contributed by atoms with Crippen molar-refractivity contribution < 1.29 is 26.3 Å². The predicted octanol–water partition coefficient (Wildman–Crippen LogP) is 4.30. The molecule has 0 saturated carbocycles. The van der Waals surface area contributed by atoms with E-state index in [2.05, 4.69) is 52.1 Å². The van der Waals surface area contributed by atoms with Crippen molar-refractivity contribution >= 4 is 96.6 Å². The Bertz CT molecular complexity index is 3160. The van der Waals surface area contributed by atoms with Gasteiger partial charge in [0.2, 0.25) is 20.0 Å². The molecule has 0 amide bonds. The van der Waals surface area contributed by atoms with E-state index in [1.807, 2.05) is 48.8 Å². The van der Waals surface area contributed by atoms with E-state index in [0.29, 0.717) is 64.3 Å². The Kier molecular flexibility index (Phi) is 13.3. The summed E-state index contributed by atoms with van der Waals surface area (Å²) >= 11 is 3.41. The number of nitrogens with zero attached hydrogens (tertiary/aromatic N) is 12. The summed E-state index contributed by atoms with van der Waals surface area (Å²) in [6.07, 6.45) is 6.20. The summed E-state index contributed by atoms with van der Waals surface area (Å²) in [5.74, 6) is 3.28. The second kappa shape index (κ2) is 19.7. The molecule has 4 saturated heterocycles. The van der Waals surface area contributed by atoms with Crippen LogP contribution in [0.15, 0.2) is 60.9 Å². The van der Waals surface area contributed by atoms with Crippen LogP contribution in [-0.4, -0.2) is 193 Å². The van der Waals surface area contributed by atoms with Gasteiger partial charge in [-0.15, -0.1) is 22.7 Å². The molecule has 0 atom stereocenters. The van der Waals surface area contributed by atoms with E-state index in [1.165, 1.54) is 22.3 Å². The summed E-state index contributed by atoms with van der Waals surface area (Å²) < 4.78 is 62.7. The molecule has 24 heteroatoms. The molecule has 6 aromatic heterocycles.